The molecular weight excluding hydrogens is 690 g/mol. The van der Waals surface area contributed by atoms with Gasteiger partial charge in [0.05, 0.1) is 17.1 Å². The Morgan fingerprint density at radius 3 is 2.46 bits per heavy atom. The average molecular weight is 708 g/mol. The Balaban J connectivity index is 1.44. The van der Waals surface area contributed by atoms with Crippen LogP contribution in [0.2, 0.25) is 0 Å². The van der Waals surface area contributed by atoms with Crippen LogP contribution >= 0.6 is 47.8 Å². The van der Waals surface area contributed by atoms with Gasteiger partial charge >= 0.3 is 0 Å². The fraction of sp³-hybridized carbons (Fsp3) is 0.0333. The third kappa shape index (κ3) is 5.48. The van der Waals surface area contributed by atoms with Crippen molar-refractivity contribution >= 4 is 75.9 Å². The summed E-state index contributed by atoms with van der Waals surface area (Å²) in [5.74, 6) is 1.36. The first-order valence-electron chi connectivity index (χ1n) is 11.9. The minimum absolute atomic E-state index is 0.301. The van der Waals surface area contributed by atoms with Crippen LogP contribution in [-0.4, -0.2) is 15.9 Å². The van der Waals surface area contributed by atoms with E-state index in [1.54, 1.807) is 24.4 Å². The van der Waals surface area contributed by atoms with Crippen LogP contribution in [-0.2, 0) is 6.61 Å². The van der Waals surface area contributed by atoms with Gasteiger partial charge in [-0.3, -0.25) is 4.79 Å². The molecule has 6 aromatic rings. The van der Waals surface area contributed by atoms with Crippen molar-refractivity contribution in [2.75, 3.05) is 0 Å². The maximum Gasteiger partial charge on any atom is 0.282 e. The highest BCUT2D eigenvalue weighted by Gasteiger charge is 2.17. The predicted molar refractivity (Wildman–Crippen MR) is 165 cm³/mol. The fourth-order valence-electron chi connectivity index (χ4n) is 4.13. The van der Waals surface area contributed by atoms with E-state index < -0.39 is 0 Å². The van der Waals surface area contributed by atoms with Gasteiger partial charge in [0.15, 0.2) is 5.76 Å². The lowest BCUT2D eigenvalue weighted by atomic mass is 10.2. The molecule has 0 bridgehead atoms. The molecule has 192 valence electrons. The molecule has 0 amide bonds. The molecule has 2 aromatic heterocycles. The topological polar surface area (TPSA) is 69.6 Å². The first-order chi connectivity index (χ1) is 18.9. The van der Waals surface area contributed by atoms with Crippen LogP contribution in [0, 0.1) is 0 Å². The van der Waals surface area contributed by atoms with Gasteiger partial charge in [0.25, 0.3) is 5.56 Å². The van der Waals surface area contributed by atoms with Crippen molar-refractivity contribution in [3.05, 3.63) is 126 Å². The van der Waals surface area contributed by atoms with Crippen LogP contribution < -0.4 is 10.3 Å². The first-order valence-corrected chi connectivity index (χ1v) is 14.2. The molecule has 39 heavy (non-hydrogen) atoms. The minimum atomic E-state index is -0.305. The molecule has 0 saturated carbocycles. The maximum atomic E-state index is 13.6. The van der Waals surface area contributed by atoms with Crippen molar-refractivity contribution in [2.24, 2.45) is 5.10 Å². The summed E-state index contributed by atoms with van der Waals surface area (Å²) in [5, 5.41) is 5.94. The molecule has 0 saturated heterocycles. The summed E-state index contributed by atoms with van der Waals surface area (Å²) in [4.78, 5) is 18.4. The van der Waals surface area contributed by atoms with E-state index in [-0.39, 0.29) is 5.56 Å². The molecule has 0 fully saturated rings. The number of nitrogens with zero attached hydrogens (tertiary/aromatic N) is 3. The monoisotopic (exact) mass is 705 g/mol. The number of benzene rings is 4. The number of aromatic nitrogens is 2. The van der Waals surface area contributed by atoms with Gasteiger partial charge in [-0.05, 0) is 72.3 Å². The normalized spacial score (nSPS) is 11.6. The zero-order valence-corrected chi connectivity index (χ0v) is 24.9. The second-order valence-electron chi connectivity index (χ2n) is 8.70. The minimum Gasteiger partial charge on any atom is -0.488 e. The number of rotatable bonds is 6. The van der Waals surface area contributed by atoms with Gasteiger partial charge in [-0.25, -0.2) is 4.98 Å². The molecule has 9 heteroatoms. The van der Waals surface area contributed by atoms with Crippen LogP contribution in [0.25, 0.3) is 33.5 Å². The largest absolute Gasteiger partial charge is 0.488 e. The van der Waals surface area contributed by atoms with Crippen molar-refractivity contribution in [1.82, 2.24) is 9.66 Å². The lowest BCUT2D eigenvalue weighted by molar-refractivity contribution is 0.305. The highest BCUT2D eigenvalue weighted by Crippen LogP contribution is 2.29. The number of furan rings is 1. The maximum absolute atomic E-state index is 13.6. The second kappa shape index (κ2) is 10.9. The van der Waals surface area contributed by atoms with Gasteiger partial charge in [0.1, 0.15) is 17.9 Å². The number of fused-ring (bicyclic) bond motifs is 2. The number of para-hydroxylation sites is 1. The van der Waals surface area contributed by atoms with Crippen molar-refractivity contribution in [3.8, 4) is 17.3 Å². The lowest BCUT2D eigenvalue weighted by Gasteiger charge is -2.11. The summed E-state index contributed by atoms with van der Waals surface area (Å²) in [5.41, 5.74) is 2.66. The summed E-state index contributed by atoms with van der Waals surface area (Å²) in [7, 11) is 0. The van der Waals surface area contributed by atoms with E-state index in [9.17, 15) is 4.79 Å². The van der Waals surface area contributed by atoms with Gasteiger partial charge in [-0.2, -0.15) is 9.78 Å². The zero-order chi connectivity index (χ0) is 26.9. The fourth-order valence-corrected chi connectivity index (χ4v) is 5.15. The average Bonchev–Trinajstić information content (AvgIpc) is 3.36. The second-order valence-corrected chi connectivity index (χ2v) is 11.5. The molecule has 4 aromatic carbocycles. The van der Waals surface area contributed by atoms with Gasteiger partial charge in [0.2, 0.25) is 5.82 Å². The summed E-state index contributed by atoms with van der Waals surface area (Å²) in [6.07, 6.45) is 1.60. The number of halogens is 3. The number of hydrogen-bond donors (Lipinski definition) is 0. The Hall–Kier alpha value is -3.53. The SMILES string of the molecule is O=c1c2ccccc2nc(-c2cc3cc(Br)ccc3o2)n1N=Cc1cc(Br)ccc1OCc1ccc(Br)cc1. The zero-order valence-electron chi connectivity index (χ0n) is 20.1. The van der Waals surface area contributed by atoms with E-state index in [4.69, 9.17) is 14.1 Å². The van der Waals surface area contributed by atoms with Crippen molar-refractivity contribution < 1.29 is 9.15 Å². The molecule has 0 aliphatic carbocycles. The summed E-state index contributed by atoms with van der Waals surface area (Å²) < 4.78 is 16.3. The van der Waals surface area contributed by atoms with E-state index in [1.165, 1.54) is 4.68 Å². The van der Waals surface area contributed by atoms with Crippen LogP contribution in [0.3, 0.4) is 0 Å². The summed E-state index contributed by atoms with van der Waals surface area (Å²) in [6.45, 7) is 0.382. The van der Waals surface area contributed by atoms with Crippen LogP contribution in [0.15, 0.2) is 119 Å². The van der Waals surface area contributed by atoms with Crippen LogP contribution in [0.4, 0.5) is 0 Å². The number of hydrogen-bond acceptors (Lipinski definition) is 5. The molecule has 0 radical (unpaired) electrons. The van der Waals surface area contributed by atoms with Crippen LogP contribution in [0.5, 0.6) is 5.75 Å². The molecule has 0 atom stereocenters. The molecule has 6 rings (SSSR count). The van der Waals surface area contributed by atoms with Gasteiger partial charge < -0.3 is 9.15 Å². The molecule has 0 aliphatic rings. The van der Waals surface area contributed by atoms with E-state index in [0.29, 0.717) is 46.0 Å². The Morgan fingerprint density at radius 2 is 1.62 bits per heavy atom. The molecule has 2 heterocycles. The smallest absolute Gasteiger partial charge is 0.282 e. The number of ether oxygens (including phenoxy) is 1. The highest BCUT2D eigenvalue weighted by atomic mass is 79.9. The van der Waals surface area contributed by atoms with Crippen molar-refractivity contribution in [1.29, 1.82) is 0 Å². The van der Waals surface area contributed by atoms with Gasteiger partial charge in [-0.1, -0.05) is 72.1 Å². The molecule has 6 nitrogen and oxygen atoms in total. The molecule has 0 spiro atoms. The summed E-state index contributed by atoms with van der Waals surface area (Å²) in [6, 6.07) is 28.4. The quantitative estimate of drug-likeness (QED) is 0.163. The molecule has 0 N–H and O–H groups in total. The summed E-state index contributed by atoms with van der Waals surface area (Å²) >= 11 is 10.5. The Morgan fingerprint density at radius 1 is 0.872 bits per heavy atom. The third-order valence-corrected chi connectivity index (χ3v) is 7.56. The molecule has 0 unspecified atom stereocenters. The van der Waals surface area contributed by atoms with E-state index in [2.05, 4.69) is 52.9 Å². The van der Waals surface area contributed by atoms with Gasteiger partial charge in [0, 0.05) is 24.4 Å². The van der Waals surface area contributed by atoms with Gasteiger partial charge in [-0.15, -0.1) is 0 Å². The molecular formula is C30H18Br3N3O3. The van der Waals surface area contributed by atoms with Crippen molar-refractivity contribution in [3.63, 3.8) is 0 Å². The Kier molecular flexibility index (Phi) is 7.20. The van der Waals surface area contributed by atoms with E-state index >= 15 is 0 Å². The predicted octanol–water partition coefficient (Wildman–Crippen LogP) is 8.56. The van der Waals surface area contributed by atoms with E-state index in [1.807, 2.05) is 72.8 Å². The lowest BCUT2D eigenvalue weighted by Crippen LogP contribution is -2.20. The first kappa shape index (κ1) is 25.7. The third-order valence-electron chi connectivity index (χ3n) is 6.04. The van der Waals surface area contributed by atoms with E-state index in [0.717, 1.165) is 24.4 Å². The standard InChI is InChI=1S/C30H18Br3N3O3/c31-21-7-5-18(6-8-21)17-38-26-11-9-23(33)14-20(26)16-34-36-29(35-25-4-2-1-3-24(25)30(36)37)28-15-19-13-22(32)10-12-27(19)39-28/h1-16H,17H2. The Bertz CT molecular complexity index is 1930. The van der Waals surface area contributed by atoms with Crippen molar-refractivity contribution in [2.45, 2.75) is 6.61 Å². The molecule has 0 aliphatic heterocycles. The highest BCUT2D eigenvalue weighted by molar-refractivity contribution is 9.11. The van der Waals surface area contributed by atoms with Crippen LogP contribution in [0.1, 0.15) is 11.1 Å². The Labute approximate surface area is 248 Å².